The van der Waals surface area contributed by atoms with Crippen LogP contribution in [0.1, 0.15) is 44.2 Å². The minimum absolute atomic E-state index is 0.477. The molecule has 0 aromatic carbocycles. The molecule has 0 bridgehead atoms. The molecule has 0 aliphatic heterocycles. The average molecular weight is 304 g/mol. The second-order valence-corrected chi connectivity index (χ2v) is 6.12. The van der Waals surface area contributed by atoms with Gasteiger partial charge in [0, 0.05) is 24.1 Å². The predicted octanol–water partition coefficient (Wildman–Crippen LogP) is 2.91. The van der Waals surface area contributed by atoms with Crippen LogP contribution < -0.4 is 5.32 Å². The molecule has 1 fully saturated rings. The fourth-order valence-electron chi connectivity index (χ4n) is 2.68. The van der Waals surface area contributed by atoms with Gasteiger partial charge in [-0.2, -0.15) is 0 Å². The number of aromatic nitrogens is 5. The van der Waals surface area contributed by atoms with Crippen molar-refractivity contribution in [2.45, 2.75) is 49.6 Å². The van der Waals surface area contributed by atoms with E-state index in [1.165, 1.54) is 31.2 Å². The van der Waals surface area contributed by atoms with Gasteiger partial charge in [0.1, 0.15) is 5.82 Å². The number of rotatable bonds is 6. The molecular weight excluding hydrogens is 284 g/mol. The Morgan fingerprint density at radius 1 is 1.38 bits per heavy atom. The molecule has 0 unspecified atom stereocenters. The summed E-state index contributed by atoms with van der Waals surface area (Å²) in [5.74, 6) is 1.77. The maximum atomic E-state index is 4.39. The summed E-state index contributed by atoms with van der Waals surface area (Å²) >= 11 is 1.68. The molecule has 6 nitrogen and oxygen atoms in total. The highest BCUT2D eigenvalue weighted by atomic mass is 32.2. The molecule has 3 rings (SSSR count). The first-order valence-electron chi connectivity index (χ1n) is 7.47. The largest absolute Gasteiger partial charge is 0.370 e. The van der Waals surface area contributed by atoms with Crippen LogP contribution >= 0.6 is 11.8 Å². The van der Waals surface area contributed by atoms with Crippen LogP contribution in [0.3, 0.4) is 0 Å². The molecule has 1 N–H and O–H groups in total. The summed E-state index contributed by atoms with van der Waals surface area (Å²) in [7, 11) is 0. The molecule has 0 amide bonds. The van der Waals surface area contributed by atoms with Gasteiger partial charge in [-0.25, -0.2) is 9.67 Å². The van der Waals surface area contributed by atoms with Crippen molar-refractivity contribution in [3.8, 4) is 0 Å². The van der Waals surface area contributed by atoms with Crippen LogP contribution in [0.25, 0.3) is 0 Å². The van der Waals surface area contributed by atoms with Gasteiger partial charge >= 0.3 is 0 Å². The summed E-state index contributed by atoms with van der Waals surface area (Å²) in [6.07, 6.45) is 6.75. The standard InChI is InChI=1S/C14H20N6S/c1-2-15-13-11(6-5-9-16-13)10-21-14-17-18-19-20(14)12-7-3-4-8-12/h5-6,9,12H,2-4,7-8,10H2,1H3,(H,15,16). The Labute approximate surface area is 128 Å². The van der Waals surface area contributed by atoms with E-state index in [9.17, 15) is 0 Å². The predicted molar refractivity (Wildman–Crippen MR) is 83.3 cm³/mol. The molecule has 0 radical (unpaired) electrons. The zero-order valence-corrected chi connectivity index (χ0v) is 13.0. The fraction of sp³-hybridized carbons (Fsp3) is 0.571. The van der Waals surface area contributed by atoms with Crippen molar-refractivity contribution in [1.29, 1.82) is 0 Å². The van der Waals surface area contributed by atoms with E-state index in [2.05, 4.69) is 38.8 Å². The van der Waals surface area contributed by atoms with E-state index in [4.69, 9.17) is 0 Å². The summed E-state index contributed by atoms with van der Waals surface area (Å²) in [6, 6.07) is 4.54. The van der Waals surface area contributed by atoms with Gasteiger partial charge in [0.15, 0.2) is 0 Å². The van der Waals surface area contributed by atoms with Gasteiger partial charge in [-0.05, 0) is 36.3 Å². The van der Waals surface area contributed by atoms with Crippen molar-refractivity contribution in [2.24, 2.45) is 0 Å². The Kier molecular flexibility index (Phi) is 4.69. The van der Waals surface area contributed by atoms with Gasteiger partial charge in [-0.3, -0.25) is 0 Å². The van der Waals surface area contributed by atoms with E-state index in [0.29, 0.717) is 6.04 Å². The Morgan fingerprint density at radius 2 is 2.24 bits per heavy atom. The van der Waals surface area contributed by atoms with Gasteiger partial charge in [0.25, 0.3) is 0 Å². The normalized spacial score (nSPS) is 15.5. The smallest absolute Gasteiger partial charge is 0.209 e. The zero-order valence-electron chi connectivity index (χ0n) is 12.2. The van der Waals surface area contributed by atoms with Crippen molar-refractivity contribution in [3.05, 3.63) is 23.9 Å². The number of tetrazole rings is 1. The van der Waals surface area contributed by atoms with Crippen molar-refractivity contribution in [3.63, 3.8) is 0 Å². The van der Waals surface area contributed by atoms with Crippen LogP contribution in [0.2, 0.25) is 0 Å². The second-order valence-electron chi connectivity index (χ2n) is 5.17. The molecular formula is C14H20N6S. The van der Waals surface area contributed by atoms with E-state index in [-0.39, 0.29) is 0 Å². The summed E-state index contributed by atoms with van der Waals surface area (Å²) in [6.45, 7) is 2.95. The molecule has 2 aromatic heterocycles. The van der Waals surface area contributed by atoms with E-state index < -0.39 is 0 Å². The maximum Gasteiger partial charge on any atom is 0.209 e. The third-order valence-corrected chi connectivity index (χ3v) is 4.71. The van der Waals surface area contributed by atoms with E-state index in [0.717, 1.165) is 23.3 Å². The van der Waals surface area contributed by atoms with Crippen LogP contribution in [0.5, 0.6) is 0 Å². The molecule has 21 heavy (non-hydrogen) atoms. The lowest BCUT2D eigenvalue weighted by molar-refractivity contribution is 0.423. The fourth-order valence-corrected chi connectivity index (χ4v) is 3.61. The molecule has 1 aliphatic rings. The highest BCUT2D eigenvalue weighted by molar-refractivity contribution is 7.98. The summed E-state index contributed by atoms with van der Waals surface area (Å²) in [5, 5.41) is 16.4. The number of nitrogens with zero attached hydrogens (tertiary/aromatic N) is 5. The van der Waals surface area contributed by atoms with Crippen molar-refractivity contribution in [1.82, 2.24) is 25.2 Å². The van der Waals surface area contributed by atoms with Crippen LogP contribution in [-0.2, 0) is 5.75 Å². The minimum Gasteiger partial charge on any atom is -0.370 e. The van der Waals surface area contributed by atoms with Crippen LogP contribution in [0.15, 0.2) is 23.5 Å². The molecule has 0 atom stereocenters. The highest BCUT2D eigenvalue weighted by Crippen LogP contribution is 2.32. The van der Waals surface area contributed by atoms with Crippen molar-refractivity contribution >= 4 is 17.6 Å². The van der Waals surface area contributed by atoms with Crippen LogP contribution in [0, 0.1) is 0 Å². The third-order valence-electron chi connectivity index (χ3n) is 3.73. The first-order chi connectivity index (χ1) is 10.4. The number of thioether (sulfide) groups is 1. The molecule has 0 spiro atoms. The number of pyridine rings is 1. The van der Waals surface area contributed by atoms with Gasteiger partial charge < -0.3 is 5.32 Å². The quantitative estimate of drug-likeness (QED) is 0.828. The minimum atomic E-state index is 0.477. The number of hydrogen-bond acceptors (Lipinski definition) is 6. The lowest BCUT2D eigenvalue weighted by Gasteiger charge is -2.12. The molecule has 1 saturated carbocycles. The summed E-state index contributed by atoms with van der Waals surface area (Å²) < 4.78 is 2.00. The first kappa shape index (κ1) is 14.3. The Morgan fingerprint density at radius 3 is 3.05 bits per heavy atom. The SMILES string of the molecule is CCNc1ncccc1CSc1nnnn1C1CCCC1. The Balaban J connectivity index is 1.69. The van der Waals surface area contributed by atoms with E-state index >= 15 is 0 Å². The highest BCUT2D eigenvalue weighted by Gasteiger charge is 2.21. The Hall–Kier alpha value is -1.63. The molecule has 2 heterocycles. The van der Waals surface area contributed by atoms with Gasteiger partial charge in [0.2, 0.25) is 5.16 Å². The third kappa shape index (κ3) is 3.34. The van der Waals surface area contributed by atoms with Crippen molar-refractivity contribution in [2.75, 3.05) is 11.9 Å². The van der Waals surface area contributed by atoms with Crippen LogP contribution in [0.4, 0.5) is 5.82 Å². The van der Waals surface area contributed by atoms with Crippen LogP contribution in [-0.4, -0.2) is 31.7 Å². The van der Waals surface area contributed by atoms with Gasteiger partial charge in [-0.15, -0.1) is 5.10 Å². The van der Waals surface area contributed by atoms with E-state index in [1.807, 2.05) is 16.9 Å². The summed E-state index contributed by atoms with van der Waals surface area (Å²) in [5.41, 5.74) is 1.19. The van der Waals surface area contributed by atoms with Gasteiger partial charge in [-0.1, -0.05) is 30.7 Å². The molecule has 1 aliphatic carbocycles. The van der Waals surface area contributed by atoms with E-state index in [1.54, 1.807) is 11.8 Å². The molecule has 7 heteroatoms. The van der Waals surface area contributed by atoms with Crippen molar-refractivity contribution < 1.29 is 0 Å². The maximum absolute atomic E-state index is 4.39. The lowest BCUT2D eigenvalue weighted by Crippen LogP contribution is -2.08. The molecule has 112 valence electrons. The average Bonchev–Trinajstić information content (AvgIpc) is 3.17. The first-order valence-corrected chi connectivity index (χ1v) is 8.45. The van der Waals surface area contributed by atoms with Gasteiger partial charge in [0.05, 0.1) is 6.04 Å². The topological polar surface area (TPSA) is 68.5 Å². The molecule has 0 saturated heterocycles. The molecule has 2 aromatic rings. The zero-order chi connectivity index (χ0) is 14.5. The number of anilines is 1. The summed E-state index contributed by atoms with van der Waals surface area (Å²) in [4.78, 5) is 4.39. The number of hydrogen-bond donors (Lipinski definition) is 1. The second kappa shape index (κ2) is 6.89. The number of nitrogens with one attached hydrogen (secondary N) is 1. The monoisotopic (exact) mass is 304 g/mol. The lowest BCUT2D eigenvalue weighted by atomic mass is 10.3. The Bertz CT molecular complexity index is 578.